The van der Waals surface area contributed by atoms with Gasteiger partial charge in [-0.05, 0) is 131 Å². The molecule has 0 atom stereocenters. The van der Waals surface area contributed by atoms with Gasteiger partial charge < -0.3 is 45.6 Å². The van der Waals surface area contributed by atoms with Crippen molar-refractivity contribution in [3.8, 4) is 0 Å². The molecule has 0 aliphatic carbocycles. The Kier molecular flexibility index (Phi) is 30.6. The van der Waals surface area contributed by atoms with E-state index in [4.69, 9.17) is 16.5 Å². The number of quaternary nitrogens is 1. The number of likely N-dealkylation sites (N-methyl/N-ethyl adjacent to an activating group) is 1. The van der Waals surface area contributed by atoms with Gasteiger partial charge in [-0.15, -0.1) is 0 Å². The number of aliphatic carboxylic acids is 2. The molecule has 0 aromatic heterocycles. The summed E-state index contributed by atoms with van der Waals surface area (Å²) in [6, 6.07) is 1.98. The Bertz CT molecular complexity index is 1170. The summed E-state index contributed by atoms with van der Waals surface area (Å²) in [6.45, 7) is 52.6. The second-order valence-electron chi connectivity index (χ2n) is 23.4. The van der Waals surface area contributed by atoms with Crippen LogP contribution < -0.4 is 39.8 Å². The fourth-order valence-electron chi connectivity index (χ4n) is 4.99. The zero-order valence-corrected chi connectivity index (χ0v) is 52.8. The van der Waals surface area contributed by atoms with Crippen LogP contribution in [-0.2, 0) is 26.0 Å². The van der Waals surface area contributed by atoms with Gasteiger partial charge in [0.15, 0.2) is 33.3 Å². The van der Waals surface area contributed by atoms with Crippen LogP contribution in [0.25, 0.3) is 0 Å². The topological polar surface area (TPSA) is 120 Å². The Morgan fingerprint density at radius 3 is 0.983 bits per heavy atom. The molecule has 0 radical (unpaired) electrons. The fourth-order valence-corrected chi connectivity index (χ4v) is 31.5. The van der Waals surface area contributed by atoms with Crippen molar-refractivity contribution in [2.45, 2.75) is 201 Å². The van der Waals surface area contributed by atoms with E-state index in [-0.39, 0.29) is 69.0 Å². The molecule has 0 aromatic rings. The first-order chi connectivity index (χ1) is 24.6. The SMILES string of the molecule is C.CC(C)(C)[Si](C)(C)O[Si](C)(CCC[N+](C)(C)CC(=O)[O-])O[Si](C)(C)C(C)(C)C.CN(C)CCC[Si](C)(O[Si](C)(C)C(C)(C)C)O[Si](C)(C)C(C)(C)C.O=C([O-])CBr.[Na+]. The predicted octanol–water partition coefficient (Wildman–Crippen LogP) is 7.14. The molecule has 0 N–H and O–H groups in total. The minimum absolute atomic E-state index is 0. The van der Waals surface area contributed by atoms with E-state index in [2.05, 4.69) is 183 Å². The Morgan fingerprint density at radius 2 is 0.797 bits per heavy atom. The summed E-state index contributed by atoms with van der Waals surface area (Å²) in [5.74, 6) is -2.08. The summed E-state index contributed by atoms with van der Waals surface area (Å²) in [4.78, 5) is 22.5. The quantitative estimate of drug-likeness (QED) is 0.0756. The number of alkyl halides is 1. The molecule has 0 spiro atoms. The molecule has 352 valence electrons. The Labute approximate surface area is 404 Å². The van der Waals surface area contributed by atoms with E-state index in [0.717, 1.165) is 38.0 Å². The van der Waals surface area contributed by atoms with Crippen LogP contribution in [0.1, 0.15) is 103 Å². The van der Waals surface area contributed by atoms with Crippen molar-refractivity contribution >= 4 is 78.3 Å². The molecule has 0 fully saturated rings. The molecular formula is C41H98BrN2NaO8Si6. The Morgan fingerprint density at radius 1 is 0.559 bits per heavy atom. The van der Waals surface area contributed by atoms with Crippen molar-refractivity contribution in [3.63, 3.8) is 0 Å². The van der Waals surface area contributed by atoms with Gasteiger partial charge in [0, 0.05) is 5.33 Å². The number of hydrogen-bond donors (Lipinski definition) is 0. The number of carboxylic acids is 2. The van der Waals surface area contributed by atoms with Crippen molar-refractivity contribution in [3.05, 3.63) is 0 Å². The second-order valence-corrected chi connectivity index (χ2v) is 50.9. The summed E-state index contributed by atoms with van der Waals surface area (Å²) in [6.07, 6.45) is 2.05. The summed E-state index contributed by atoms with van der Waals surface area (Å²) in [7, 11) is -4.08. The average Bonchev–Trinajstić information content (AvgIpc) is 2.88. The van der Waals surface area contributed by atoms with Crippen molar-refractivity contribution in [1.29, 1.82) is 0 Å². The number of halogens is 1. The zero-order chi connectivity index (χ0) is 46.7. The van der Waals surface area contributed by atoms with Gasteiger partial charge in [-0.25, -0.2) is 0 Å². The van der Waals surface area contributed by atoms with Gasteiger partial charge in [0.2, 0.25) is 0 Å². The van der Waals surface area contributed by atoms with Crippen LogP contribution in [0.2, 0.25) is 97.7 Å². The number of carbonyl (C=O) groups is 2. The van der Waals surface area contributed by atoms with E-state index < -0.39 is 62.3 Å². The third-order valence-corrected chi connectivity index (χ3v) is 44.9. The standard InChI is InChI=1S/C20H47NO4Si3.C18H45NO2Si3.C2H3BrO2.CH4.Na/c1-19(2,3)26(9,10)24-28(13,25-27(11,12)20(4,5)6)16-14-15-21(7,8)17-18(22)23;1-17(2,3)22(9,10)20-24(13,16-14-15-19(7)8)21-23(11,12)18(4,5)6;3-1-2(4)5;;/h14-17H2,1-13H3;14-16H2,1-13H3;1H2,(H,4,5);1H4;/q;;;;+1/p-1. The maximum absolute atomic E-state index is 11.0. The molecule has 0 amide bonds. The molecule has 0 rings (SSSR count). The smallest absolute Gasteiger partial charge is 0.549 e. The van der Waals surface area contributed by atoms with Gasteiger partial charge in [-0.2, -0.15) is 0 Å². The maximum Gasteiger partial charge on any atom is 1.00 e. The van der Waals surface area contributed by atoms with Crippen molar-refractivity contribution in [2.75, 3.05) is 53.2 Å². The average molecular weight is 1020 g/mol. The summed E-state index contributed by atoms with van der Waals surface area (Å²) >= 11 is 2.65. The number of carbonyl (C=O) groups excluding carboxylic acids is 2. The Balaban J connectivity index is -0.000000288. The van der Waals surface area contributed by atoms with E-state index in [0.29, 0.717) is 4.48 Å². The molecule has 59 heavy (non-hydrogen) atoms. The number of hydrogen-bond acceptors (Lipinski definition) is 9. The molecule has 0 saturated heterocycles. The maximum atomic E-state index is 11.0. The van der Waals surface area contributed by atoms with Crippen LogP contribution in [-0.4, -0.2) is 125 Å². The molecular weight excluding hydrogens is 920 g/mol. The molecule has 18 heteroatoms. The first-order valence-corrected chi connectivity index (χ1v) is 38.7. The summed E-state index contributed by atoms with van der Waals surface area (Å²) in [5, 5.41) is 20.8. The molecule has 10 nitrogen and oxygen atoms in total. The van der Waals surface area contributed by atoms with E-state index in [1.54, 1.807) is 0 Å². The zero-order valence-electron chi connectivity index (χ0n) is 43.2. The van der Waals surface area contributed by atoms with Crippen molar-refractivity contribution in [2.24, 2.45) is 0 Å². The van der Waals surface area contributed by atoms with Gasteiger partial charge in [0.1, 0.15) is 6.54 Å². The first-order valence-electron chi connectivity index (χ1n) is 20.9. The third-order valence-electron chi connectivity index (χ3n) is 12.4. The van der Waals surface area contributed by atoms with Gasteiger partial charge in [0.05, 0.1) is 32.6 Å². The van der Waals surface area contributed by atoms with Gasteiger partial charge in [-0.1, -0.05) is 106 Å². The van der Waals surface area contributed by atoms with Crippen LogP contribution in [0, 0.1) is 0 Å². The fraction of sp³-hybridized carbons (Fsp3) is 0.951. The van der Waals surface area contributed by atoms with E-state index in [1.165, 1.54) is 0 Å². The van der Waals surface area contributed by atoms with Gasteiger partial charge in [0.25, 0.3) is 0 Å². The van der Waals surface area contributed by atoms with Crippen LogP contribution >= 0.6 is 15.9 Å². The minimum Gasteiger partial charge on any atom is -0.549 e. The largest absolute Gasteiger partial charge is 1.00 e. The van der Waals surface area contributed by atoms with E-state index in [1.807, 2.05) is 14.1 Å². The number of carboxylic acid groups (broad SMARTS) is 2. The van der Waals surface area contributed by atoms with Crippen LogP contribution in [0.4, 0.5) is 0 Å². The van der Waals surface area contributed by atoms with Gasteiger partial charge >= 0.3 is 46.7 Å². The molecule has 0 heterocycles. The first kappa shape index (κ1) is 69.5. The molecule has 0 unspecified atom stereocenters. The molecule has 0 aliphatic rings. The minimum atomic E-state index is -2.43. The number of rotatable bonds is 19. The van der Waals surface area contributed by atoms with Crippen molar-refractivity contribution in [1.82, 2.24) is 4.90 Å². The second kappa shape index (κ2) is 26.0. The van der Waals surface area contributed by atoms with E-state index >= 15 is 0 Å². The van der Waals surface area contributed by atoms with Crippen LogP contribution in [0.3, 0.4) is 0 Å². The van der Waals surface area contributed by atoms with E-state index in [9.17, 15) is 19.8 Å². The monoisotopic (exact) mass is 1020 g/mol. The molecule has 0 saturated carbocycles. The molecule has 0 bridgehead atoms. The molecule has 0 aromatic carbocycles. The summed E-state index contributed by atoms with van der Waals surface area (Å²) in [5.41, 5.74) is 0. The van der Waals surface area contributed by atoms with Crippen LogP contribution in [0.15, 0.2) is 0 Å². The Hall–Kier alpha value is 1.48. The van der Waals surface area contributed by atoms with Gasteiger partial charge in [-0.3, -0.25) is 0 Å². The summed E-state index contributed by atoms with van der Waals surface area (Å²) < 4.78 is 28.3. The van der Waals surface area contributed by atoms with Crippen molar-refractivity contribution < 1.29 is 70.3 Å². The molecule has 0 aliphatic heterocycles. The predicted molar refractivity (Wildman–Crippen MR) is 266 cm³/mol. The normalized spacial score (nSPS) is 14.0. The van der Waals surface area contributed by atoms with Crippen LogP contribution in [0.5, 0.6) is 0 Å². The number of nitrogens with zero attached hydrogens (tertiary/aromatic N) is 2. The third kappa shape index (κ3) is 28.2.